The molecule has 1 amide bonds. The van der Waals surface area contributed by atoms with Crippen LogP contribution in [0.15, 0.2) is 43.2 Å². The fourth-order valence-corrected chi connectivity index (χ4v) is 5.07. The molecule has 4 aromatic rings. The second-order valence-corrected chi connectivity index (χ2v) is 11.4. The number of carbonyl (C=O) groups excluding carboxylic acids is 1. The number of carbonyl (C=O) groups is 1. The van der Waals surface area contributed by atoms with E-state index in [-0.39, 0.29) is 24.3 Å². The molecular weight excluding hydrogens is 539 g/mol. The number of fused-ring (bicyclic) bond motifs is 1. The number of pyridine rings is 1. The first-order chi connectivity index (χ1) is 19.2. The molecular formula is C27H30ClFN8O3. The van der Waals surface area contributed by atoms with Gasteiger partial charge in [0.25, 0.3) is 5.91 Å². The Morgan fingerprint density at radius 3 is 2.75 bits per heavy atom. The fourth-order valence-electron chi connectivity index (χ4n) is 4.93. The molecule has 0 radical (unpaired) electrons. The standard InChI is InChI=1S/C27H30ClFN8O3/c1-27(2,39)23(29)11-32-26(38)19-9-30-20(18-10-34-37-12-16(28)7-31-25(18)37)6-21(19)35-17-8-33-36(13-17)22-14-40-24(22)15-4-3-5-15/h6-10,12-13,15,22-24,39H,3-5,11,14H2,1-2H3,(H,30,35)(H,32,38)/t22?,23-,24?/m1/s1. The molecule has 3 N–H and O–H groups in total. The van der Waals surface area contributed by atoms with Gasteiger partial charge < -0.3 is 20.5 Å². The Morgan fingerprint density at radius 1 is 1.23 bits per heavy atom. The minimum absolute atomic E-state index is 0.177. The van der Waals surface area contributed by atoms with Crippen molar-refractivity contribution in [3.63, 3.8) is 0 Å². The number of anilines is 2. The van der Waals surface area contributed by atoms with E-state index in [0.717, 1.165) is 0 Å². The number of nitrogens with one attached hydrogen (secondary N) is 2. The maximum absolute atomic E-state index is 14.4. The lowest BCUT2D eigenvalue weighted by atomic mass is 9.77. The second kappa shape index (κ2) is 10.4. The highest BCUT2D eigenvalue weighted by Gasteiger charge is 2.42. The molecule has 1 saturated carbocycles. The van der Waals surface area contributed by atoms with Crippen LogP contribution in [0.5, 0.6) is 0 Å². The van der Waals surface area contributed by atoms with Gasteiger partial charge in [-0.25, -0.2) is 13.9 Å². The molecule has 3 atom stereocenters. The smallest absolute Gasteiger partial charge is 0.255 e. The number of rotatable bonds is 9. The summed E-state index contributed by atoms with van der Waals surface area (Å²) in [6, 6.07) is 1.89. The summed E-state index contributed by atoms with van der Waals surface area (Å²) < 4.78 is 23.6. The Kier molecular flexibility index (Phi) is 6.93. The van der Waals surface area contributed by atoms with Crippen LogP contribution in [0, 0.1) is 5.92 Å². The van der Waals surface area contributed by atoms with Gasteiger partial charge in [0, 0.05) is 18.6 Å². The molecule has 1 saturated heterocycles. The lowest BCUT2D eigenvalue weighted by Gasteiger charge is -2.45. The van der Waals surface area contributed by atoms with Crippen LogP contribution in [-0.2, 0) is 4.74 Å². The quantitative estimate of drug-likeness (QED) is 0.276. The molecule has 0 aromatic carbocycles. The average Bonchev–Trinajstić information content (AvgIpc) is 3.49. The summed E-state index contributed by atoms with van der Waals surface area (Å²) in [6.45, 7) is 2.97. The Morgan fingerprint density at radius 2 is 2.05 bits per heavy atom. The van der Waals surface area contributed by atoms with E-state index in [0.29, 0.717) is 45.8 Å². The summed E-state index contributed by atoms with van der Waals surface area (Å²) in [4.78, 5) is 22.0. The molecule has 1 aliphatic carbocycles. The molecule has 13 heteroatoms. The third kappa shape index (κ3) is 5.14. The SMILES string of the molecule is CC(C)(O)[C@H](F)CNC(=O)c1cnc(-c2cnn3cc(Cl)cnc23)cc1Nc1cnn(C2COC2C2CCC2)c1. The van der Waals surface area contributed by atoms with Crippen LogP contribution in [0.2, 0.25) is 5.02 Å². The summed E-state index contributed by atoms with van der Waals surface area (Å²) in [5.41, 5.74) is 1.44. The van der Waals surface area contributed by atoms with E-state index < -0.39 is 17.7 Å². The van der Waals surface area contributed by atoms with Crippen molar-refractivity contribution in [3.8, 4) is 11.3 Å². The Bertz CT molecular complexity index is 1550. The molecule has 4 aromatic heterocycles. The molecule has 6 rings (SSSR count). The number of aliphatic hydroxyl groups is 1. The van der Waals surface area contributed by atoms with Crippen molar-refractivity contribution >= 4 is 34.5 Å². The maximum atomic E-state index is 14.4. The van der Waals surface area contributed by atoms with Gasteiger partial charge in [0.2, 0.25) is 0 Å². The van der Waals surface area contributed by atoms with Crippen LogP contribution in [0.4, 0.5) is 15.8 Å². The van der Waals surface area contributed by atoms with Gasteiger partial charge in [-0.1, -0.05) is 18.0 Å². The largest absolute Gasteiger partial charge is 0.387 e. The van der Waals surface area contributed by atoms with E-state index in [1.807, 2.05) is 10.9 Å². The van der Waals surface area contributed by atoms with E-state index in [1.165, 1.54) is 45.5 Å². The molecule has 0 spiro atoms. The van der Waals surface area contributed by atoms with Gasteiger partial charge in [0.05, 0.1) is 76.7 Å². The van der Waals surface area contributed by atoms with Crippen molar-refractivity contribution in [2.45, 2.75) is 57.0 Å². The van der Waals surface area contributed by atoms with Crippen molar-refractivity contribution in [3.05, 3.63) is 53.8 Å². The zero-order valence-corrected chi connectivity index (χ0v) is 22.8. The number of aromatic nitrogens is 6. The number of halogens is 2. The lowest BCUT2D eigenvalue weighted by Crippen LogP contribution is -2.48. The van der Waals surface area contributed by atoms with Gasteiger partial charge in [0.15, 0.2) is 5.65 Å². The van der Waals surface area contributed by atoms with Gasteiger partial charge >= 0.3 is 0 Å². The Labute approximate surface area is 234 Å². The minimum Gasteiger partial charge on any atom is -0.387 e. The van der Waals surface area contributed by atoms with Gasteiger partial charge in [-0.15, -0.1) is 0 Å². The normalized spacial score (nSPS) is 20.1. The van der Waals surface area contributed by atoms with Crippen LogP contribution in [-0.4, -0.2) is 71.4 Å². The van der Waals surface area contributed by atoms with Crippen LogP contribution in [0.25, 0.3) is 16.9 Å². The molecule has 2 fully saturated rings. The summed E-state index contributed by atoms with van der Waals surface area (Å²) >= 11 is 6.05. The number of nitrogens with zero attached hydrogens (tertiary/aromatic N) is 6. The second-order valence-electron chi connectivity index (χ2n) is 10.9. The van der Waals surface area contributed by atoms with Gasteiger partial charge in [-0.3, -0.25) is 14.5 Å². The zero-order valence-electron chi connectivity index (χ0n) is 22.1. The van der Waals surface area contributed by atoms with Crippen molar-refractivity contribution in [2.75, 3.05) is 18.5 Å². The molecule has 1 aliphatic heterocycles. The first-order valence-corrected chi connectivity index (χ1v) is 13.6. The highest BCUT2D eigenvalue weighted by atomic mass is 35.5. The monoisotopic (exact) mass is 568 g/mol. The van der Waals surface area contributed by atoms with Crippen LogP contribution >= 0.6 is 11.6 Å². The van der Waals surface area contributed by atoms with Gasteiger partial charge in [-0.2, -0.15) is 10.2 Å². The van der Waals surface area contributed by atoms with Crippen LogP contribution in [0.3, 0.4) is 0 Å². The van der Waals surface area contributed by atoms with E-state index in [2.05, 4.69) is 30.8 Å². The van der Waals surface area contributed by atoms with Crippen molar-refractivity contribution < 1.29 is 19.0 Å². The molecule has 5 heterocycles. The highest BCUT2D eigenvalue weighted by Crippen LogP contribution is 2.41. The van der Waals surface area contributed by atoms with E-state index in [9.17, 15) is 14.3 Å². The molecule has 2 aliphatic rings. The van der Waals surface area contributed by atoms with Crippen molar-refractivity contribution in [2.24, 2.45) is 5.92 Å². The fraction of sp³-hybridized carbons (Fsp3) is 0.444. The van der Waals surface area contributed by atoms with Gasteiger partial charge in [0.1, 0.15) is 12.2 Å². The number of hydrogen-bond acceptors (Lipinski definition) is 8. The predicted molar refractivity (Wildman–Crippen MR) is 146 cm³/mol. The molecule has 2 unspecified atom stereocenters. The number of hydrogen-bond donors (Lipinski definition) is 3. The van der Waals surface area contributed by atoms with Crippen LogP contribution < -0.4 is 10.6 Å². The topological polar surface area (TPSA) is 131 Å². The van der Waals surface area contributed by atoms with Crippen molar-refractivity contribution in [1.82, 2.24) is 34.7 Å². The summed E-state index contributed by atoms with van der Waals surface area (Å²) in [7, 11) is 0. The predicted octanol–water partition coefficient (Wildman–Crippen LogP) is 3.96. The lowest BCUT2D eigenvalue weighted by molar-refractivity contribution is -0.152. The van der Waals surface area contributed by atoms with Gasteiger partial charge in [-0.05, 0) is 38.7 Å². The average molecular weight is 569 g/mol. The van der Waals surface area contributed by atoms with E-state index >= 15 is 0 Å². The number of alkyl halides is 1. The first-order valence-electron chi connectivity index (χ1n) is 13.2. The molecule has 11 nitrogen and oxygen atoms in total. The summed E-state index contributed by atoms with van der Waals surface area (Å²) in [6.07, 6.45) is 11.9. The van der Waals surface area contributed by atoms with Crippen molar-refractivity contribution in [1.29, 1.82) is 0 Å². The highest BCUT2D eigenvalue weighted by molar-refractivity contribution is 6.30. The zero-order chi connectivity index (χ0) is 28.0. The molecule has 210 valence electrons. The Hall–Kier alpha value is -3.61. The number of amides is 1. The Balaban J connectivity index is 1.29. The van der Waals surface area contributed by atoms with E-state index in [1.54, 1.807) is 29.2 Å². The maximum Gasteiger partial charge on any atom is 0.255 e. The summed E-state index contributed by atoms with van der Waals surface area (Å²) in [5.74, 6) is 0.0398. The van der Waals surface area contributed by atoms with E-state index in [4.69, 9.17) is 16.3 Å². The first kappa shape index (κ1) is 26.6. The molecule has 0 bridgehead atoms. The minimum atomic E-state index is -1.65. The van der Waals surface area contributed by atoms with Crippen LogP contribution in [0.1, 0.15) is 49.5 Å². The molecule has 40 heavy (non-hydrogen) atoms. The summed E-state index contributed by atoms with van der Waals surface area (Å²) in [5, 5.41) is 25.1. The third-order valence-corrected chi connectivity index (χ3v) is 7.83. The third-order valence-electron chi connectivity index (χ3n) is 7.63. The number of ether oxygens (including phenoxy) is 1.